The van der Waals surface area contributed by atoms with Gasteiger partial charge in [0.25, 0.3) is 0 Å². The van der Waals surface area contributed by atoms with Crippen molar-refractivity contribution in [3.05, 3.63) is 95.2 Å². The third-order valence-electron chi connectivity index (χ3n) is 4.14. The van der Waals surface area contributed by atoms with Crippen LogP contribution in [0.15, 0.2) is 85.2 Å². The number of nitrogens with zero attached hydrogens (tertiary/aromatic N) is 2. The molecule has 0 spiro atoms. The van der Waals surface area contributed by atoms with Gasteiger partial charge in [-0.2, -0.15) is 0 Å². The van der Waals surface area contributed by atoms with E-state index in [0.29, 0.717) is 0 Å². The predicted octanol–water partition coefficient (Wildman–Crippen LogP) is 4.65. The summed E-state index contributed by atoms with van der Waals surface area (Å²) < 4.78 is 2.66. The van der Waals surface area contributed by atoms with Gasteiger partial charge in [-0.25, -0.2) is 0 Å². The molecular weight excluding hydrogens is 371 g/mol. The van der Waals surface area contributed by atoms with E-state index >= 15 is 0 Å². The van der Waals surface area contributed by atoms with E-state index in [2.05, 4.69) is 71.7 Å². The summed E-state index contributed by atoms with van der Waals surface area (Å²) in [6.07, 6.45) is 5.85. The molecule has 0 aliphatic rings. The van der Waals surface area contributed by atoms with Gasteiger partial charge in [0.05, 0.1) is 0 Å². The molecule has 2 nitrogen and oxygen atoms in total. The van der Waals surface area contributed by atoms with E-state index < -0.39 is 0 Å². The van der Waals surface area contributed by atoms with Gasteiger partial charge in [-0.15, -0.1) is 0 Å². The molecule has 2 aromatic carbocycles. The third kappa shape index (κ3) is 3.79. The second-order valence-electron chi connectivity index (χ2n) is 5.88. The van der Waals surface area contributed by atoms with Gasteiger partial charge in [-0.3, -0.25) is 0 Å². The number of benzene rings is 2. The monoisotopic (exact) mass is 390 g/mol. The topological polar surface area (TPSA) is 25.8 Å². The first-order valence-corrected chi connectivity index (χ1v) is 10.1. The van der Waals surface area contributed by atoms with E-state index in [-0.39, 0.29) is 14.5 Å². The minimum atomic E-state index is 0.253. The number of aromatic nitrogens is 2. The molecule has 0 unspecified atom stereocenters. The predicted molar refractivity (Wildman–Crippen MR) is 104 cm³/mol. The average molecular weight is 389 g/mol. The van der Waals surface area contributed by atoms with Crippen molar-refractivity contribution < 1.29 is 0 Å². The first-order chi connectivity index (χ1) is 12.4. The van der Waals surface area contributed by atoms with E-state index in [1.165, 1.54) is 20.1 Å². The van der Waals surface area contributed by atoms with E-state index in [9.17, 15) is 0 Å². The summed E-state index contributed by atoms with van der Waals surface area (Å²) in [5.41, 5.74) is 4.90. The second kappa shape index (κ2) is 7.60. The van der Waals surface area contributed by atoms with Crippen LogP contribution in [-0.2, 0) is 12.8 Å². The molecule has 4 rings (SSSR count). The molecule has 0 amide bonds. The molecular formula is C22H18N2Se. The fraction of sp³-hybridized carbons (Fsp3) is 0.0909. The molecule has 2 heterocycles. The van der Waals surface area contributed by atoms with Crippen LogP contribution in [0, 0.1) is 0 Å². The summed E-state index contributed by atoms with van der Waals surface area (Å²) in [6.45, 7) is 0. The molecule has 0 aliphatic heterocycles. The Labute approximate surface area is 154 Å². The molecule has 0 saturated heterocycles. The Balaban J connectivity index is 1.69. The first kappa shape index (κ1) is 16.0. The summed E-state index contributed by atoms with van der Waals surface area (Å²) in [6, 6.07) is 25.3. The van der Waals surface area contributed by atoms with Gasteiger partial charge in [-0.1, -0.05) is 0 Å². The average Bonchev–Trinajstić information content (AvgIpc) is 3.13. The van der Waals surface area contributed by atoms with Crippen molar-refractivity contribution in [2.24, 2.45) is 0 Å². The summed E-state index contributed by atoms with van der Waals surface area (Å²) in [7, 11) is 0. The van der Waals surface area contributed by atoms with Crippen LogP contribution in [0.3, 0.4) is 0 Å². The Bertz CT molecular complexity index is 932. The standard InChI is InChI=1S/C22H18N2Se/c1-3-8-17(9-4-1)13-14-20-21(18-10-5-2-6-11-18)24-22(25-20)19-12-7-15-23-16-19/h1-12,15-16H,13-14H2. The number of aryl methyl sites for hydroxylation is 2. The van der Waals surface area contributed by atoms with Crippen LogP contribution in [0.1, 0.15) is 10.0 Å². The number of hydrogen-bond donors (Lipinski definition) is 0. The van der Waals surface area contributed by atoms with Crippen LogP contribution in [0.2, 0.25) is 0 Å². The molecule has 25 heavy (non-hydrogen) atoms. The fourth-order valence-corrected chi connectivity index (χ4v) is 5.11. The van der Waals surface area contributed by atoms with Crippen molar-refractivity contribution in [3.8, 4) is 21.4 Å². The Morgan fingerprint density at radius 1 is 0.720 bits per heavy atom. The van der Waals surface area contributed by atoms with Crippen molar-refractivity contribution in [1.82, 2.24) is 9.97 Å². The van der Waals surface area contributed by atoms with Gasteiger partial charge in [0, 0.05) is 0 Å². The van der Waals surface area contributed by atoms with Gasteiger partial charge in [0.15, 0.2) is 0 Å². The van der Waals surface area contributed by atoms with Crippen molar-refractivity contribution >= 4 is 14.5 Å². The molecule has 0 fully saturated rings. The fourth-order valence-electron chi connectivity index (χ4n) is 2.86. The number of hydrogen-bond acceptors (Lipinski definition) is 2. The molecule has 122 valence electrons. The van der Waals surface area contributed by atoms with Crippen LogP contribution in [-0.4, -0.2) is 24.5 Å². The molecule has 4 aromatic rings. The van der Waals surface area contributed by atoms with Crippen molar-refractivity contribution in [3.63, 3.8) is 0 Å². The summed E-state index contributed by atoms with van der Waals surface area (Å²) in [5, 5.41) is 0. The Morgan fingerprint density at radius 3 is 2.16 bits per heavy atom. The molecule has 0 atom stereocenters. The Kier molecular flexibility index (Phi) is 4.87. The second-order valence-corrected chi connectivity index (χ2v) is 8.16. The normalized spacial score (nSPS) is 10.7. The summed E-state index contributed by atoms with van der Waals surface area (Å²) >= 11 is 0.253. The maximum absolute atomic E-state index is 5.01. The van der Waals surface area contributed by atoms with Gasteiger partial charge in [0.2, 0.25) is 0 Å². The summed E-state index contributed by atoms with van der Waals surface area (Å²) in [5.74, 6) is 0. The van der Waals surface area contributed by atoms with Crippen LogP contribution in [0.5, 0.6) is 0 Å². The quantitative estimate of drug-likeness (QED) is 0.464. The number of rotatable bonds is 5. The van der Waals surface area contributed by atoms with Crippen LogP contribution in [0.25, 0.3) is 21.4 Å². The molecule has 2 aromatic heterocycles. The Morgan fingerprint density at radius 2 is 1.44 bits per heavy atom. The third-order valence-corrected chi connectivity index (χ3v) is 6.58. The van der Waals surface area contributed by atoms with Crippen LogP contribution in [0.4, 0.5) is 0 Å². The van der Waals surface area contributed by atoms with E-state index in [1.54, 1.807) is 0 Å². The van der Waals surface area contributed by atoms with E-state index in [0.717, 1.165) is 24.1 Å². The van der Waals surface area contributed by atoms with Crippen LogP contribution < -0.4 is 0 Å². The minimum absolute atomic E-state index is 0.253. The van der Waals surface area contributed by atoms with Crippen molar-refractivity contribution in [1.29, 1.82) is 0 Å². The van der Waals surface area contributed by atoms with E-state index in [4.69, 9.17) is 4.98 Å². The molecule has 0 aliphatic carbocycles. The SMILES string of the molecule is c1ccc(CCc2[se]c(-c3cccnc3)nc2-c2ccccc2)cc1. The zero-order chi connectivity index (χ0) is 16.9. The number of pyridine rings is 1. The summed E-state index contributed by atoms with van der Waals surface area (Å²) in [4.78, 5) is 9.26. The maximum atomic E-state index is 5.01. The van der Waals surface area contributed by atoms with E-state index in [1.807, 2.05) is 18.5 Å². The Hall–Kier alpha value is -2.48. The first-order valence-electron chi connectivity index (χ1n) is 8.39. The van der Waals surface area contributed by atoms with Crippen LogP contribution >= 0.6 is 0 Å². The molecule has 3 heteroatoms. The van der Waals surface area contributed by atoms with Gasteiger partial charge >= 0.3 is 154 Å². The van der Waals surface area contributed by atoms with Gasteiger partial charge < -0.3 is 0 Å². The van der Waals surface area contributed by atoms with Crippen molar-refractivity contribution in [2.45, 2.75) is 12.8 Å². The van der Waals surface area contributed by atoms with Gasteiger partial charge in [-0.05, 0) is 0 Å². The molecule has 0 saturated carbocycles. The zero-order valence-electron chi connectivity index (χ0n) is 13.8. The zero-order valence-corrected chi connectivity index (χ0v) is 15.5. The molecule has 0 radical (unpaired) electrons. The van der Waals surface area contributed by atoms with Crippen molar-refractivity contribution in [2.75, 3.05) is 0 Å². The molecule has 0 N–H and O–H groups in total. The van der Waals surface area contributed by atoms with Gasteiger partial charge in [0.1, 0.15) is 0 Å². The molecule has 0 bridgehead atoms.